The third kappa shape index (κ3) is 5.95. The molecule has 7 heteroatoms. The lowest BCUT2D eigenvalue weighted by Crippen LogP contribution is -2.13. The van der Waals surface area contributed by atoms with Gasteiger partial charge in [-0.2, -0.15) is 5.26 Å². The van der Waals surface area contributed by atoms with Crippen LogP contribution < -0.4 is 10.1 Å². The van der Waals surface area contributed by atoms with Crippen LogP contribution in [0.4, 0.5) is 5.69 Å². The molecule has 0 unspecified atom stereocenters. The smallest absolute Gasteiger partial charge is 0.335 e. The van der Waals surface area contributed by atoms with E-state index in [2.05, 4.69) is 5.32 Å². The third-order valence-corrected chi connectivity index (χ3v) is 4.27. The molecule has 0 aliphatic rings. The maximum atomic E-state index is 12.4. The van der Waals surface area contributed by atoms with Gasteiger partial charge in [-0.15, -0.1) is 0 Å². The van der Waals surface area contributed by atoms with Crippen molar-refractivity contribution < 1.29 is 24.5 Å². The topological polar surface area (TPSA) is 120 Å². The maximum absolute atomic E-state index is 12.4. The molecule has 0 aliphatic carbocycles. The van der Waals surface area contributed by atoms with Crippen molar-refractivity contribution in [1.82, 2.24) is 0 Å². The first-order valence-electron chi connectivity index (χ1n) is 9.22. The minimum atomic E-state index is -0.991. The third-order valence-electron chi connectivity index (χ3n) is 4.27. The molecule has 0 heterocycles. The van der Waals surface area contributed by atoms with Crippen molar-refractivity contribution in [2.45, 2.75) is 6.61 Å². The van der Waals surface area contributed by atoms with Crippen LogP contribution in [-0.2, 0) is 11.4 Å². The number of nitriles is 1. The van der Waals surface area contributed by atoms with Gasteiger partial charge < -0.3 is 20.3 Å². The maximum Gasteiger partial charge on any atom is 0.335 e. The molecule has 0 aliphatic heterocycles. The molecule has 0 atom stereocenters. The second-order valence-electron chi connectivity index (χ2n) is 6.53. The van der Waals surface area contributed by atoms with E-state index in [0.717, 1.165) is 5.56 Å². The minimum absolute atomic E-state index is 0.0729. The highest BCUT2D eigenvalue weighted by molar-refractivity contribution is 6.09. The Bertz CT molecular complexity index is 1160. The second-order valence-corrected chi connectivity index (χ2v) is 6.53. The number of nitrogens with zero attached hydrogens (tertiary/aromatic N) is 1. The van der Waals surface area contributed by atoms with Crippen molar-refractivity contribution in [3.63, 3.8) is 0 Å². The van der Waals surface area contributed by atoms with Gasteiger partial charge in [-0.3, -0.25) is 4.79 Å². The number of phenolic OH excluding ortho intramolecular Hbond substituents is 1. The SMILES string of the molecule is N#C/C(=C/c1cccc(OCc2ccc(C(=O)O)cc2)c1)C(=O)Nc1ccc(O)cc1. The molecule has 3 aromatic carbocycles. The van der Waals surface area contributed by atoms with Gasteiger partial charge in [0.1, 0.15) is 29.7 Å². The lowest BCUT2D eigenvalue weighted by molar-refractivity contribution is -0.112. The highest BCUT2D eigenvalue weighted by atomic mass is 16.5. The first kappa shape index (κ1) is 21.1. The highest BCUT2D eigenvalue weighted by Crippen LogP contribution is 2.19. The molecular weight excluding hydrogens is 396 g/mol. The molecule has 0 saturated heterocycles. The van der Waals surface area contributed by atoms with E-state index in [0.29, 0.717) is 17.0 Å². The Morgan fingerprint density at radius 3 is 2.39 bits per heavy atom. The summed E-state index contributed by atoms with van der Waals surface area (Å²) in [4.78, 5) is 23.3. The molecule has 0 spiro atoms. The van der Waals surface area contributed by atoms with Crippen molar-refractivity contribution in [2.75, 3.05) is 5.32 Å². The first-order valence-corrected chi connectivity index (χ1v) is 9.22. The highest BCUT2D eigenvalue weighted by Gasteiger charge is 2.10. The molecular formula is C24H18N2O5. The molecule has 3 rings (SSSR count). The summed E-state index contributed by atoms with van der Waals surface area (Å²) in [6.45, 7) is 0.236. The molecule has 31 heavy (non-hydrogen) atoms. The number of nitrogens with one attached hydrogen (secondary N) is 1. The largest absolute Gasteiger partial charge is 0.508 e. The minimum Gasteiger partial charge on any atom is -0.508 e. The predicted octanol–water partition coefficient (Wildman–Crippen LogP) is 4.22. The summed E-state index contributed by atoms with van der Waals surface area (Å²) in [5.74, 6) is -0.955. The fraction of sp³-hybridized carbons (Fsp3) is 0.0417. The molecule has 7 nitrogen and oxygen atoms in total. The zero-order valence-electron chi connectivity index (χ0n) is 16.3. The van der Waals surface area contributed by atoms with Gasteiger partial charge in [-0.1, -0.05) is 24.3 Å². The standard InChI is InChI=1S/C24H18N2O5/c25-14-19(23(28)26-20-8-10-21(27)11-9-20)12-17-2-1-3-22(13-17)31-15-16-4-6-18(7-5-16)24(29)30/h1-13,27H,15H2,(H,26,28)(H,29,30)/b19-12-. The summed E-state index contributed by atoms with van der Waals surface area (Å²) < 4.78 is 5.73. The van der Waals surface area contributed by atoms with Gasteiger partial charge in [0.2, 0.25) is 0 Å². The molecule has 0 radical (unpaired) electrons. The molecule has 0 saturated carbocycles. The van der Waals surface area contributed by atoms with E-state index in [1.165, 1.54) is 42.5 Å². The molecule has 154 valence electrons. The number of phenols is 1. The molecule has 0 bridgehead atoms. The lowest BCUT2D eigenvalue weighted by Gasteiger charge is -2.08. The molecule has 3 aromatic rings. The Morgan fingerprint density at radius 2 is 1.74 bits per heavy atom. The van der Waals surface area contributed by atoms with Crippen molar-refractivity contribution >= 4 is 23.6 Å². The van der Waals surface area contributed by atoms with Crippen LogP contribution in [0.1, 0.15) is 21.5 Å². The molecule has 3 N–H and O–H groups in total. The van der Waals surface area contributed by atoms with Crippen LogP contribution >= 0.6 is 0 Å². The van der Waals surface area contributed by atoms with E-state index in [-0.39, 0.29) is 23.5 Å². The zero-order valence-corrected chi connectivity index (χ0v) is 16.3. The van der Waals surface area contributed by atoms with Crippen molar-refractivity contribution in [3.8, 4) is 17.6 Å². The van der Waals surface area contributed by atoms with Crippen LogP contribution in [0.2, 0.25) is 0 Å². The van der Waals surface area contributed by atoms with Gasteiger partial charge in [0, 0.05) is 5.69 Å². The quantitative estimate of drug-likeness (QED) is 0.303. The Hall–Kier alpha value is -4.57. The van der Waals surface area contributed by atoms with Crippen LogP contribution in [0.15, 0.2) is 78.4 Å². The number of carbonyl (C=O) groups excluding carboxylic acids is 1. The number of aromatic hydroxyl groups is 1. The number of benzene rings is 3. The normalized spacial score (nSPS) is 10.7. The van der Waals surface area contributed by atoms with Gasteiger partial charge in [0.25, 0.3) is 5.91 Å². The number of hydrogen-bond acceptors (Lipinski definition) is 5. The second kappa shape index (κ2) is 9.76. The lowest BCUT2D eigenvalue weighted by atomic mass is 10.1. The van der Waals surface area contributed by atoms with Crippen molar-refractivity contribution in [1.29, 1.82) is 5.26 Å². The molecule has 0 fully saturated rings. The Labute approximate surface area is 178 Å². The average Bonchev–Trinajstić information content (AvgIpc) is 2.78. The van der Waals surface area contributed by atoms with Crippen LogP contribution in [-0.4, -0.2) is 22.1 Å². The predicted molar refractivity (Wildman–Crippen MR) is 115 cm³/mol. The first-order chi connectivity index (χ1) is 14.9. The van der Waals surface area contributed by atoms with Gasteiger partial charge in [-0.25, -0.2) is 4.79 Å². The molecule has 0 aromatic heterocycles. The Morgan fingerprint density at radius 1 is 1.03 bits per heavy atom. The number of hydrogen-bond donors (Lipinski definition) is 3. The number of aromatic carboxylic acids is 1. The summed E-state index contributed by atoms with van der Waals surface area (Å²) in [6.07, 6.45) is 1.45. The van der Waals surface area contributed by atoms with Crippen LogP contribution in [0.25, 0.3) is 6.08 Å². The van der Waals surface area contributed by atoms with Gasteiger partial charge in [0.05, 0.1) is 5.56 Å². The number of carboxylic acid groups (broad SMARTS) is 1. The van der Waals surface area contributed by atoms with Crippen molar-refractivity contribution in [2.24, 2.45) is 0 Å². The Kier molecular flexibility index (Phi) is 6.66. The summed E-state index contributed by atoms with van der Waals surface area (Å²) in [5.41, 5.74) is 1.97. The number of carbonyl (C=O) groups is 2. The summed E-state index contributed by atoms with van der Waals surface area (Å²) in [5, 5.41) is 30.2. The molecule has 1 amide bonds. The van der Waals surface area contributed by atoms with Gasteiger partial charge in [0.15, 0.2) is 0 Å². The number of rotatable bonds is 7. The van der Waals surface area contributed by atoms with Crippen LogP contribution in [0.3, 0.4) is 0 Å². The summed E-state index contributed by atoms with van der Waals surface area (Å²) in [7, 11) is 0. The van der Waals surface area contributed by atoms with Crippen LogP contribution in [0.5, 0.6) is 11.5 Å². The van der Waals surface area contributed by atoms with Gasteiger partial charge in [-0.05, 0) is 65.7 Å². The van der Waals surface area contributed by atoms with E-state index >= 15 is 0 Å². The fourth-order valence-electron chi connectivity index (χ4n) is 2.66. The van der Waals surface area contributed by atoms with E-state index in [1.54, 1.807) is 36.4 Å². The van der Waals surface area contributed by atoms with Crippen LogP contribution in [0, 0.1) is 11.3 Å². The van der Waals surface area contributed by atoms with E-state index in [1.807, 2.05) is 6.07 Å². The van der Waals surface area contributed by atoms with Gasteiger partial charge >= 0.3 is 5.97 Å². The van der Waals surface area contributed by atoms with E-state index in [9.17, 15) is 20.0 Å². The zero-order chi connectivity index (χ0) is 22.2. The summed E-state index contributed by atoms with van der Waals surface area (Å²) >= 11 is 0. The monoisotopic (exact) mass is 414 g/mol. The number of anilines is 1. The van der Waals surface area contributed by atoms with E-state index in [4.69, 9.17) is 9.84 Å². The number of ether oxygens (including phenoxy) is 1. The Balaban J connectivity index is 1.68. The summed E-state index contributed by atoms with van der Waals surface area (Å²) in [6, 6.07) is 21.1. The average molecular weight is 414 g/mol. The van der Waals surface area contributed by atoms with E-state index < -0.39 is 11.9 Å². The number of amides is 1. The number of carboxylic acids is 1. The van der Waals surface area contributed by atoms with Crippen molar-refractivity contribution in [3.05, 3.63) is 95.1 Å². The fourth-order valence-corrected chi connectivity index (χ4v) is 2.66.